The van der Waals surface area contributed by atoms with Gasteiger partial charge in [0.05, 0.1) is 17.1 Å². The molecule has 0 aliphatic rings. The van der Waals surface area contributed by atoms with E-state index in [0.717, 1.165) is 34.1 Å². The Morgan fingerprint density at radius 3 is 0.692 bits per heavy atom. The van der Waals surface area contributed by atoms with Crippen molar-refractivity contribution in [3.63, 3.8) is 0 Å². The number of benzene rings is 9. The first-order valence-electron chi connectivity index (χ1n) is 21.0. The average molecular weight is 873 g/mol. The van der Waals surface area contributed by atoms with Gasteiger partial charge in [0, 0.05) is 34.1 Å². The zero-order valence-electron chi connectivity index (χ0n) is 35.1. The van der Waals surface area contributed by atoms with E-state index < -0.39 is 7.82 Å². The highest BCUT2D eigenvalue weighted by molar-refractivity contribution is 7.49. The van der Waals surface area contributed by atoms with Crippen LogP contribution < -0.4 is 45.5 Å². The lowest BCUT2D eigenvalue weighted by Gasteiger charge is -2.26. The summed E-state index contributed by atoms with van der Waals surface area (Å²) in [7, 11) is -4.79. The minimum Gasteiger partial charge on any atom is -0.384 e. The smallest absolute Gasteiger partial charge is 0.384 e. The molecule has 0 radical (unpaired) electrons. The quantitative estimate of drug-likeness (QED) is 0.0466. The Morgan fingerprint density at radius 1 is 0.246 bits per heavy atom. The van der Waals surface area contributed by atoms with Crippen molar-refractivity contribution in [3.05, 3.63) is 237 Å². The summed E-state index contributed by atoms with van der Waals surface area (Å²) in [6.07, 6.45) is 0. The zero-order chi connectivity index (χ0) is 44.1. The second-order valence-electron chi connectivity index (χ2n) is 14.7. The minimum absolute atomic E-state index is 0.199. The van der Waals surface area contributed by atoms with Gasteiger partial charge < -0.3 is 45.5 Å². The van der Waals surface area contributed by atoms with E-state index in [4.69, 9.17) is 13.6 Å². The normalized spacial score (nSPS) is 10.8. The highest BCUT2D eigenvalue weighted by Crippen LogP contribution is 2.56. The molecule has 0 aliphatic carbocycles. The molecule has 0 bridgehead atoms. The van der Waals surface area contributed by atoms with Gasteiger partial charge in [-0.25, -0.2) is 0 Å². The van der Waals surface area contributed by atoms with Gasteiger partial charge in [-0.3, -0.25) is 0 Å². The molecule has 65 heavy (non-hydrogen) atoms. The fraction of sp³-hybridized carbons (Fsp3) is 0. The first kappa shape index (κ1) is 41.7. The van der Waals surface area contributed by atoms with Crippen LogP contribution in [0.5, 0.6) is 17.2 Å². The molecule has 11 heteroatoms. The monoisotopic (exact) mass is 872 g/mol. The van der Waals surface area contributed by atoms with E-state index in [-0.39, 0.29) is 17.2 Å². The Labute approximate surface area is 378 Å². The Kier molecular flexibility index (Phi) is 12.9. The molecule has 0 saturated heterocycles. The topological polar surface area (TPSA) is 117 Å². The lowest BCUT2D eigenvalue weighted by Crippen LogP contribution is -2.12. The SMILES string of the molecule is O=P(Oc1cccc(Nc2ccccc2)c1Nc1ccccc1)(Oc1cccc(Nc2ccccc2)c1Nc1ccccc1)Oc1cccc(Nc2ccccc2)c1Nc1ccccc1. The number of phosphoric acid groups is 1. The molecule has 9 aromatic carbocycles. The van der Waals surface area contributed by atoms with Crippen molar-refractivity contribution >= 4 is 76.1 Å². The first-order chi connectivity index (χ1) is 32.0. The van der Waals surface area contributed by atoms with Crippen LogP contribution in [0.15, 0.2) is 237 Å². The second kappa shape index (κ2) is 20.1. The van der Waals surface area contributed by atoms with Crippen molar-refractivity contribution in [2.45, 2.75) is 0 Å². The predicted octanol–water partition coefficient (Wildman–Crippen LogP) is 15.8. The third-order valence-corrected chi connectivity index (χ3v) is 11.3. The van der Waals surface area contributed by atoms with E-state index in [1.165, 1.54) is 0 Å². The number of para-hydroxylation sites is 9. The molecule has 0 aromatic heterocycles. The average Bonchev–Trinajstić information content (AvgIpc) is 3.34. The third-order valence-electron chi connectivity index (χ3n) is 10.00. The van der Waals surface area contributed by atoms with E-state index in [2.05, 4.69) is 31.9 Å². The maximum atomic E-state index is 16.1. The van der Waals surface area contributed by atoms with Gasteiger partial charge in [0.15, 0.2) is 17.2 Å². The molecule has 0 spiro atoms. The summed E-state index contributed by atoms with van der Waals surface area (Å²) in [5.41, 5.74) is 8.33. The Hall–Kier alpha value is -8.59. The molecule has 0 atom stereocenters. The molecule has 10 nitrogen and oxygen atoms in total. The molecule has 320 valence electrons. The summed E-state index contributed by atoms with van der Waals surface area (Å²) in [5.74, 6) is 0.598. The van der Waals surface area contributed by atoms with Gasteiger partial charge in [0.1, 0.15) is 17.1 Å². The summed E-state index contributed by atoms with van der Waals surface area (Å²) in [5, 5.41) is 21.0. The van der Waals surface area contributed by atoms with E-state index in [1.807, 2.05) is 218 Å². The number of phosphoric ester groups is 1. The maximum Gasteiger partial charge on any atom is 0.647 e. The number of rotatable bonds is 18. The van der Waals surface area contributed by atoms with Crippen molar-refractivity contribution in [3.8, 4) is 17.2 Å². The van der Waals surface area contributed by atoms with E-state index in [9.17, 15) is 0 Å². The molecule has 0 amide bonds. The van der Waals surface area contributed by atoms with Gasteiger partial charge in [-0.1, -0.05) is 127 Å². The molecular formula is C54H45N6O4P. The van der Waals surface area contributed by atoms with Gasteiger partial charge in [0.2, 0.25) is 0 Å². The molecule has 0 fully saturated rings. The highest BCUT2D eigenvalue weighted by Gasteiger charge is 2.37. The van der Waals surface area contributed by atoms with Crippen molar-refractivity contribution in [1.29, 1.82) is 0 Å². The third kappa shape index (κ3) is 10.9. The van der Waals surface area contributed by atoms with Crippen LogP contribution in [-0.2, 0) is 4.57 Å². The van der Waals surface area contributed by atoms with Crippen LogP contribution in [0.25, 0.3) is 0 Å². The van der Waals surface area contributed by atoms with Crippen molar-refractivity contribution in [2.75, 3.05) is 31.9 Å². The van der Waals surface area contributed by atoms with Crippen LogP contribution in [0.3, 0.4) is 0 Å². The van der Waals surface area contributed by atoms with Crippen molar-refractivity contribution in [2.24, 2.45) is 0 Å². The summed E-state index contributed by atoms with van der Waals surface area (Å²) in [6.45, 7) is 0. The molecular weight excluding hydrogens is 828 g/mol. The van der Waals surface area contributed by atoms with Gasteiger partial charge in [-0.2, -0.15) is 4.57 Å². The number of hydrogen-bond donors (Lipinski definition) is 6. The lowest BCUT2D eigenvalue weighted by molar-refractivity contribution is 0.300. The molecule has 6 N–H and O–H groups in total. The summed E-state index contributed by atoms with van der Waals surface area (Å²) in [6, 6.07) is 74.8. The van der Waals surface area contributed by atoms with Gasteiger partial charge in [-0.05, 0) is 109 Å². The lowest BCUT2D eigenvalue weighted by atomic mass is 10.2. The van der Waals surface area contributed by atoms with Crippen LogP contribution >= 0.6 is 7.82 Å². The fourth-order valence-corrected chi connectivity index (χ4v) is 8.26. The number of hydrogen-bond acceptors (Lipinski definition) is 10. The number of nitrogens with one attached hydrogen (secondary N) is 6. The first-order valence-corrected chi connectivity index (χ1v) is 22.5. The Bertz CT molecular complexity index is 2660. The second-order valence-corrected chi connectivity index (χ2v) is 16.1. The van der Waals surface area contributed by atoms with Crippen LogP contribution in [0, 0.1) is 0 Å². The molecule has 0 heterocycles. The molecule has 9 rings (SSSR count). The van der Waals surface area contributed by atoms with Crippen LogP contribution in [0.2, 0.25) is 0 Å². The van der Waals surface area contributed by atoms with Gasteiger partial charge in [-0.15, -0.1) is 0 Å². The summed E-state index contributed by atoms with van der Waals surface area (Å²) >= 11 is 0. The molecule has 0 aliphatic heterocycles. The fourth-order valence-electron chi connectivity index (χ4n) is 6.97. The zero-order valence-corrected chi connectivity index (χ0v) is 36.0. The largest absolute Gasteiger partial charge is 0.647 e. The van der Waals surface area contributed by atoms with Crippen LogP contribution in [0.4, 0.5) is 68.2 Å². The van der Waals surface area contributed by atoms with Gasteiger partial charge >= 0.3 is 7.82 Å². The predicted molar refractivity (Wildman–Crippen MR) is 267 cm³/mol. The van der Waals surface area contributed by atoms with Crippen molar-refractivity contribution < 1.29 is 18.1 Å². The summed E-state index contributed by atoms with van der Waals surface area (Å²) < 4.78 is 36.3. The maximum absolute atomic E-state index is 16.1. The minimum atomic E-state index is -4.79. The molecule has 0 saturated carbocycles. The van der Waals surface area contributed by atoms with Crippen molar-refractivity contribution in [1.82, 2.24) is 0 Å². The van der Waals surface area contributed by atoms with E-state index >= 15 is 4.57 Å². The van der Waals surface area contributed by atoms with E-state index in [1.54, 1.807) is 18.2 Å². The molecule has 9 aromatic rings. The van der Waals surface area contributed by atoms with Crippen LogP contribution in [-0.4, -0.2) is 0 Å². The Morgan fingerprint density at radius 2 is 0.462 bits per heavy atom. The standard InChI is InChI=1S/C54H45N6O4P/c61-65(62-49-37-19-34-46(55-40-22-7-1-8-23-40)52(49)58-43-28-13-4-14-29-43,63-50-38-20-35-47(56-41-24-9-2-10-25-41)53(50)59-44-30-15-5-16-31-44)64-51-39-21-36-48(57-42-26-11-3-12-27-42)54(51)60-45-32-17-6-18-33-45/h1-39,55-60H. The molecule has 0 unspecified atom stereocenters. The Balaban J connectivity index is 1.19. The number of anilines is 12. The van der Waals surface area contributed by atoms with E-state index in [0.29, 0.717) is 34.1 Å². The highest BCUT2D eigenvalue weighted by atomic mass is 31.2. The van der Waals surface area contributed by atoms with Crippen LogP contribution in [0.1, 0.15) is 0 Å². The summed E-state index contributed by atoms with van der Waals surface area (Å²) in [4.78, 5) is 0. The van der Waals surface area contributed by atoms with Gasteiger partial charge in [0.25, 0.3) is 0 Å².